The number of rotatable bonds is 4. The highest BCUT2D eigenvalue weighted by molar-refractivity contribution is 5.84. The first-order chi connectivity index (χ1) is 10.2. The Morgan fingerprint density at radius 2 is 2.18 bits per heavy atom. The second-order valence-electron chi connectivity index (χ2n) is 7.34. The first kappa shape index (κ1) is 15.0. The number of hydrogen-bond donors (Lipinski definition) is 2. The molecular weight excluding hydrogens is 284 g/mol. The van der Waals surface area contributed by atoms with Crippen LogP contribution >= 0.6 is 0 Å². The minimum Gasteiger partial charge on any atom is -0.476 e. The summed E-state index contributed by atoms with van der Waals surface area (Å²) in [5.41, 5.74) is 0.220. The maximum Gasteiger partial charge on any atom is 0.358 e. The number of hydrogen-bond acceptors (Lipinski definition) is 4. The fraction of sp³-hybridized carbons (Fsp3) is 0.733. The Balaban J connectivity index is 1.64. The predicted octanol–water partition coefficient (Wildman–Crippen LogP) is 1.31. The van der Waals surface area contributed by atoms with Crippen LogP contribution in [0.2, 0.25) is 0 Å². The third-order valence-electron chi connectivity index (χ3n) is 6.19. The molecular formula is C15H22N4O3. The molecule has 0 radical (unpaired) electrons. The molecule has 0 aromatic carbocycles. The van der Waals surface area contributed by atoms with Crippen LogP contribution in [0.25, 0.3) is 0 Å². The lowest BCUT2D eigenvalue weighted by Gasteiger charge is -2.39. The Hall–Kier alpha value is -1.92. The van der Waals surface area contributed by atoms with Crippen molar-refractivity contribution in [3.63, 3.8) is 0 Å². The number of amides is 1. The van der Waals surface area contributed by atoms with E-state index in [-0.39, 0.29) is 35.0 Å². The van der Waals surface area contributed by atoms with Crippen molar-refractivity contribution in [3.05, 3.63) is 11.9 Å². The van der Waals surface area contributed by atoms with Gasteiger partial charge in [-0.05, 0) is 36.0 Å². The molecule has 2 aliphatic carbocycles. The lowest BCUT2D eigenvalue weighted by molar-refractivity contribution is -0.123. The molecule has 3 unspecified atom stereocenters. The van der Waals surface area contributed by atoms with Gasteiger partial charge < -0.3 is 10.4 Å². The van der Waals surface area contributed by atoms with Crippen molar-refractivity contribution in [1.29, 1.82) is 0 Å². The van der Waals surface area contributed by atoms with Gasteiger partial charge in [-0.1, -0.05) is 26.0 Å². The molecule has 1 heterocycles. The quantitative estimate of drug-likeness (QED) is 0.874. The molecule has 0 spiro atoms. The average molecular weight is 306 g/mol. The number of carbonyl (C=O) groups excluding carboxylic acids is 1. The second kappa shape index (κ2) is 4.79. The number of carboxylic acid groups (broad SMARTS) is 1. The number of carbonyl (C=O) groups is 2. The smallest absolute Gasteiger partial charge is 0.358 e. The number of aromatic nitrogens is 3. The summed E-state index contributed by atoms with van der Waals surface area (Å²) in [6.45, 7) is 6.86. The van der Waals surface area contributed by atoms with Gasteiger partial charge in [0, 0.05) is 6.04 Å². The van der Waals surface area contributed by atoms with Crippen molar-refractivity contribution in [2.24, 2.45) is 16.7 Å². The first-order valence-corrected chi connectivity index (χ1v) is 7.67. The first-order valence-electron chi connectivity index (χ1n) is 7.67. The summed E-state index contributed by atoms with van der Waals surface area (Å²) in [4.78, 5) is 23.0. The van der Waals surface area contributed by atoms with Gasteiger partial charge in [0.1, 0.15) is 6.54 Å². The lowest BCUT2D eigenvalue weighted by Crippen LogP contribution is -2.47. The molecule has 1 amide bonds. The van der Waals surface area contributed by atoms with Crippen LogP contribution in [0.4, 0.5) is 0 Å². The van der Waals surface area contributed by atoms with E-state index in [0.717, 1.165) is 12.8 Å². The summed E-state index contributed by atoms with van der Waals surface area (Å²) in [7, 11) is 0. The molecule has 7 nitrogen and oxygen atoms in total. The van der Waals surface area contributed by atoms with Gasteiger partial charge in [0.05, 0.1) is 6.20 Å². The molecule has 1 aromatic rings. The highest BCUT2D eigenvalue weighted by Gasteiger charge is 2.61. The zero-order valence-corrected chi connectivity index (χ0v) is 13.2. The molecule has 2 fully saturated rings. The fourth-order valence-electron chi connectivity index (χ4n) is 4.28. The van der Waals surface area contributed by atoms with Crippen LogP contribution in [0.3, 0.4) is 0 Å². The Morgan fingerprint density at radius 1 is 1.45 bits per heavy atom. The highest BCUT2D eigenvalue weighted by atomic mass is 16.4. The molecule has 2 aliphatic rings. The molecule has 2 saturated carbocycles. The minimum absolute atomic E-state index is 0.00203. The minimum atomic E-state index is -1.14. The van der Waals surface area contributed by atoms with E-state index < -0.39 is 5.97 Å². The van der Waals surface area contributed by atoms with E-state index in [1.165, 1.54) is 17.3 Å². The van der Waals surface area contributed by atoms with Crippen LogP contribution in [-0.2, 0) is 11.3 Å². The van der Waals surface area contributed by atoms with Gasteiger partial charge in [-0.3, -0.25) is 4.79 Å². The Labute approximate surface area is 129 Å². The molecule has 7 heteroatoms. The van der Waals surface area contributed by atoms with Gasteiger partial charge in [-0.25, -0.2) is 9.48 Å². The third-order valence-corrected chi connectivity index (χ3v) is 6.19. The van der Waals surface area contributed by atoms with E-state index in [2.05, 4.69) is 36.4 Å². The number of fused-ring (bicyclic) bond motifs is 2. The Kier molecular flexibility index (Phi) is 3.27. The van der Waals surface area contributed by atoms with Crippen molar-refractivity contribution in [2.45, 2.75) is 52.6 Å². The van der Waals surface area contributed by atoms with Crippen LogP contribution in [-0.4, -0.2) is 38.0 Å². The Morgan fingerprint density at radius 3 is 2.68 bits per heavy atom. The summed E-state index contributed by atoms with van der Waals surface area (Å²) in [6.07, 6.45) is 4.67. The molecule has 0 aliphatic heterocycles. The van der Waals surface area contributed by atoms with Gasteiger partial charge >= 0.3 is 5.97 Å². The van der Waals surface area contributed by atoms with E-state index >= 15 is 0 Å². The maximum absolute atomic E-state index is 12.2. The molecule has 3 atom stereocenters. The zero-order valence-electron chi connectivity index (χ0n) is 13.2. The standard InChI is InChI=1S/C15H22N4O3/c1-14(2)9-4-5-15(14,3)11(6-9)16-12(20)8-19-7-10(13(21)22)17-18-19/h7,9,11H,4-6,8H2,1-3H3,(H,16,20)(H,21,22). The number of aromatic carboxylic acids is 1. The summed E-state index contributed by atoms with van der Waals surface area (Å²) in [5, 5.41) is 19.1. The number of nitrogens with zero attached hydrogens (tertiary/aromatic N) is 3. The van der Waals surface area contributed by atoms with Crippen LogP contribution in [0.5, 0.6) is 0 Å². The van der Waals surface area contributed by atoms with Gasteiger partial charge in [0.2, 0.25) is 5.91 Å². The van der Waals surface area contributed by atoms with E-state index in [9.17, 15) is 9.59 Å². The van der Waals surface area contributed by atoms with Gasteiger partial charge in [-0.15, -0.1) is 5.10 Å². The van der Waals surface area contributed by atoms with Crippen molar-refractivity contribution in [3.8, 4) is 0 Å². The number of nitrogens with one attached hydrogen (secondary N) is 1. The molecule has 2 bridgehead atoms. The Bertz CT molecular complexity index is 624. The van der Waals surface area contributed by atoms with Crippen molar-refractivity contribution in [2.75, 3.05) is 0 Å². The van der Waals surface area contributed by atoms with Crippen molar-refractivity contribution < 1.29 is 14.7 Å². The van der Waals surface area contributed by atoms with E-state index in [1.54, 1.807) is 0 Å². The summed E-state index contributed by atoms with van der Waals surface area (Å²) in [6, 6.07) is 0.177. The van der Waals surface area contributed by atoms with Crippen molar-refractivity contribution >= 4 is 11.9 Å². The molecule has 3 rings (SSSR count). The molecule has 120 valence electrons. The largest absolute Gasteiger partial charge is 0.476 e. The normalized spacial score (nSPS) is 32.1. The van der Waals surface area contributed by atoms with E-state index in [4.69, 9.17) is 5.11 Å². The lowest BCUT2D eigenvalue weighted by atomic mass is 9.69. The van der Waals surface area contributed by atoms with E-state index in [1.807, 2.05) is 0 Å². The monoisotopic (exact) mass is 306 g/mol. The van der Waals surface area contributed by atoms with Crippen LogP contribution in [0, 0.1) is 16.7 Å². The molecule has 1 aromatic heterocycles. The molecule has 0 saturated heterocycles. The van der Waals surface area contributed by atoms with Crippen LogP contribution < -0.4 is 5.32 Å². The predicted molar refractivity (Wildman–Crippen MR) is 78.1 cm³/mol. The molecule has 2 N–H and O–H groups in total. The second-order valence-corrected chi connectivity index (χ2v) is 7.34. The summed E-state index contributed by atoms with van der Waals surface area (Å²) < 4.78 is 1.26. The zero-order chi connectivity index (χ0) is 16.1. The number of carboxylic acids is 1. The van der Waals surface area contributed by atoms with Crippen LogP contribution in [0.15, 0.2) is 6.20 Å². The maximum atomic E-state index is 12.2. The fourth-order valence-corrected chi connectivity index (χ4v) is 4.28. The van der Waals surface area contributed by atoms with Crippen molar-refractivity contribution in [1.82, 2.24) is 20.3 Å². The van der Waals surface area contributed by atoms with Crippen LogP contribution in [0.1, 0.15) is 50.5 Å². The SMILES string of the molecule is CC1(C)C2CCC1(C)C(NC(=O)Cn1cc(C(=O)O)nn1)C2. The van der Waals surface area contributed by atoms with Gasteiger partial charge in [0.15, 0.2) is 5.69 Å². The highest BCUT2D eigenvalue weighted by Crippen LogP contribution is 2.65. The average Bonchev–Trinajstić information content (AvgIpc) is 3.01. The third kappa shape index (κ3) is 2.10. The topological polar surface area (TPSA) is 97.1 Å². The van der Waals surface area contributed by atoms with Gasteiger partial charge in [-0.2, -0.15) is 0 Å². The van der Waals surface area contributed by atoms with E-state index in [0.29, 0.717) is 5.92 Å². The summed E-state index contributed by atoms with van der Waals surface area (Å²) >= 11 is 0. The summed E-state index contributed by atoms with van der Waals surface area (Å²) in [5.74, 6) is -0.627. The van der Waals surface area contributed by atoms with Gasteiger partial charge in [0.25, 0.3) is 0 Å². The molecule has 22 heavy (non-hydrogen) atoms.